The molecule has 1 saturated heterocycles. The van der Waals surface area contributed by atoms with Crippen LogP contribution in [-0.2, 0) is 0 Å². The lowest BCUT2D eigenvalue weighted by Gasteiger charge is -2.35. The first-order valence-corrected chi connectivity index (χ1v) is 9.17. The van der Waals surface area contributed by atoms with Gasteiger partial charge < -0.3 is 19.3 Å². The molecule has 1 fully saturated rings. The van der Waals surface area contributed by atoms with Gasteiger partial charge in [-0.05, 0) is 24.3 Å². The van der Waals surface area contributed by atoms with Crippen molar-refractivity contribution in [2.45, 2.75) is 0 Å². The molecular weight excluding hydrogens is 356 g/mol. The van der Waals surface area contributed by atoms with Crippen LogP contribution < -0.4 is 14.4 Å². The molecule has 0 aliphatic carbocycles. The Morgan fingerprint density at radius 1 is 0.929 bits per heavy atom. The van der Waals surface area contributed by atoms with E-state index in [0.717, 1.165) is 16.9 Å². The molecule has 1 aromatic heterocycles. The van der Waals surface area contributed by atoms with Crippen molar-refractivity contribution in [3.05, 3.63) is 54.2 Å². The Labute approximate surface area is 163 Å². The Balaban J connectivity index is 1.46. The minimum Gasteiger partial charge on any atom is -0.497 e. The van der Waals surface area contributed by atoms with E-state index in [4.69, 9.17) is 14.5 Å². The lowest BCUT2D eigenvalue weighted by atomic mass is 10.1. The smallest absolute Gasteiger partial charge is 0.254 e. The van der Waals surface area contributed by atoms with Crippen molar-refractivity contribution in [3.8, 4) is 11.5 Å². The number of hydrogen-bond acceptors (Lipinski definition) is 6. The summed E-state index contributed by atoms with van der Waals surface area (Å²) in [6.07, 6.45) is 1.80. The number of anilines is 1. The van der Waals surface area contributed by atoms with Crippen LogP contribution in [0.25, 0.3) is 11.0 Å². The van der Waals surface area contributed by atoms with Gasteiger partial charge in [0.05, 0.1) is 31.4 Å². The van der Waals surface area contributed by atoms with Crippen LogP contribution in [0.4, 0.5) is 5.82 Å². The number of benzene rings is 2. The third-order valence-electron chi connectivity index (χ3n) is 4.93. The molecule has 0 saturated carbocycles. The van der Waals surface area contributed by atoms with Crippen LogP contribution in [0.5, 0.6) is 11.5 Å². The summed E-state index contributed by atoms with van der Waals surface area (Å²) in [6.45, 7) is 2.65. The van der Waals surface area contributed by atoms with E-state index in [0.29, 0.717) is 43.2 Å². The lowest BCUT2D eigenvalue weighted by molar-refractivity contribution is 0.0745. The molecule has 0 radical (unpaired) electrons. The normalized spacial score (nSPS) is 14.2. The Bertz CT molecular complexity index is 978. The highest BCUT2D eigenvalue weighted by Gasteiger charge is 2.24. The van der Waals surface area contributed by atoms with Crippen molar-refractivity contribution in [1.29, 1.82) is 0 Å². The highest BCUT2D eigenvalue weighted by Crippen LogP contribution is 2.24. The third kappa shape index (κ3) is 3.55. The van der Waals surface area contributed by atoms with E-state index in [2.05, 4.69) is 9.88 Å². The fourth-order valence-electron chi connectivity index (χ4n) is 3.35. The zero-order chi connectivity index (χ0) is 19.5. The zero-order valence-corrected chi connectivity index (χ0v) is 16.0. The van der Waals surface area contributed by atoms with Crippen LogP contribution in [0, 0.1) is 0 Å². The van der Waals surface area contributed by atoms with Gasteiger partial charge in [0, 0.05) is 37.8 Å². The molecule has 4 rings (SSSR count). The van der Waals surface area contributed by atoms with E-state index in [1.165, 1.54) is 0 Å². The Morgan fingerprint density at radius 2 is 1.57 bits per heavy atom. The number of amides is 1. The molecule has 0 spiro atoms. The average molecular weight is 378 g/mol. The van der Waals surface area contributed by atoms with Crippen molar-refractivity contribution in [3.63, 3.8) is 0 Å². The van der Waals surface area contributed by atoms with Gasteiger partial charge in [0.1, 0.15) is 17.3 Å². The molecule has 28 heavy (non-hydrogen) atoms. The van der Waals surface area contributed by atoms with Crippen molar-refractivity contribution in [1.82, 2.24) is 14.9 Å². The maximum Gasteiger partial charge on any atom is 0.254 e. The van der Waals surface area contributed by atoms with Gasteiger partial charge in [-0.3, -0.25) is 9.78 Å². The molecule has 1 amide bonds. The number of piperazine rings is 1. The van der Waals surface area contributed by atoms with Crippen LogP contribution in [-0.4, -0.2) is 61.2 Å². The topological polar surface area (TPSA) is 67.8 Å². The van der Waals surface area contributed by atoms with Gasteiger partial charge in [0.2, 0.25) is 0 Å². The minimum atomic E-state index is -0.0264. The maximum atomic E-state index is 12.9. The summed E-state index contributed by atoms with van der Waals surface area (Å²) in [7, 11) is 3.15. The lowest BCUT2D eigenvalue weighted by Crippen LogP contribution is -2.49. The molecule has 1 aliphatic heterocycles. The molecule has 1 aliphatic rings. The number of nitrogens with zero attached hydrogens (tertiary/aromatic N) is 4. The van der Waals surface area contributed by atoms with E-state index < -0.39 is 0 Å². The minimum absolute atomic E-state index is 0.0264. The van der Waals surface area contributed by atoms with Gasteiger partial charge in [0.25, 0.3) is 5.91 Å². The average Bonchev–Trinajstić information content (AvgIpc) is 2.78. The number of carbonyl (C=O) groups is 1. The number of rotatable bonds is 4. The van der Waals surface area contributed by atoms with E-state index in [1.807, 2.05) is 29.2 Å². The standard InChI is InChI=1S/C21H22N4O3/c1-27-16-11-15(12-17(13-16)28-2)21(26)25-9-7-24(8-10-25)20-14-22-18-5-3-4-6-19(18)23-20/h3-6,11-14H,7-10H2,1-2H3. The Hall–Kier alpha value is -3.35. The Morgan fingerprint density at radius 3 is 2.21 bits per heavy atom. The number of para-hydroxylation sites is 2. The molecule has 0 bridgehead atoms. The highest BCUT2D eigenvalue weighted by atomic mass is 16.5. The Kier molecular flexibility index (Phi) is 4.97. The number of carbonyl (C=O) groups excluding carboxylic acids is 1. The van der Waals surface area contributed by atoms with Crippen LogP contribution in [0.2, 0.25) is 0 Å². The first-order chi connectivity index (χ1) is 13.7. The second-order valence-electron chi connectivity index (χ2n) is 6.60. The van der Waals surface area contributed by atoms with E-state index in [9.17, 15) is 4.79 Å². The molecule has 2 aromatic carbocycles. The highest BCUT2D eigenvalue weighted by molar-refractivity contribution is 5.95. The summed E-state index contributed by atoms with van der Waals surface area (Å²) in [5.41, 5.74) is 2.32. The molecule has 7 nitrogen and oxygen atoms in total. The van der Waals surface area contributed by atoms with Crippen LogP contribution in [0.3, 0.4) is 0 Å². The molecule has 0 N–H and O–H groups in total. The summed E-state index contributed by atoms with van der Waals surface area (Å²) in [5, 5.41) is 0. The number of aromatic nitrogens is 2. The predicted octanol–water partition coefficient (Wildman–Crippen LogP) is 2.61. The molecule has 144 valence electrons. The summed E-state index contributed by atoms with van der Waals surface area (Å²) < 4.78 is 10.5. The SMILES string of the molecule is COc1cc(OC)cc(C(=O)N2CCN(c3cnc4ccccc4n3)CC2)c1. The van der Waals surface area contributed by atoms with Crippen LogP contribution >= 0.6 is 0 Å². The van der Waals surface area contributed by atoms with Crippen molar-refractivity contribution < 1.29 is 14.3 Å². The van der Waals surface area contributed by atoms with Gasteiger partial charge in [-0.25, -0.2) is 4.98 Å². The number of methoxy groups -OCH3 is 2. The van der Waals surface area contributed by atoms with Gasteiger partial charge in [0.15, 0.2) is 0 Å². The summed E-state index contributed by atoms with van der Waals surface area (Å²) in [5.74, 6) is 2.02. The summed E-state index contributed by atoms with van der Waals surface area (Å²) >= 11 is 0. The number of ether oxygens (including phenoxy) is 2. The largest absolute Gasteiger partial charge is 0.497 e. The predicted molar refractivity (Wildman–Crippen MR) is 107 cm³/mol. The van der Waals surface area contributed by atoms with E-state index >= 15 is 0 Å². The fourth-order valence-corrected chi connectivity index (χ4v) is 3.35. The fraction of sp³-hybridized carbons (Fsp3) is 0.286. The molecular formula is C21H22N4O3. The van der Waals surface area contributed by atoms with Crippen molar-refractivity contribution in [2.75, 3.05) is 45.3 Å². The molecule has 2 heterocycles. The second-order valence-corrected chi connectivity index (χ2v) is 6.60. The first kappa shape index (κ1) is 18.0. The molecule has 0 unspecified atom stereocenters. The molecule has 7 heteroatoms. The zero-order valence-electron chi connectivity index (χ0n) is 16.0. The van der Waals surface area contributed by atoms with Gasteiger partial charge in [-0.15, -0.1) is 0 Å². The first-order valence-electron chi connectivity index (χ1n) is 9.17. The van der Waals surface area contributed by atoms with Gasteiger partial charge >= 0.3 is 0 Å². The summed E-state index contributed by atoms with van der Waals surface area (Å²) in [4.78, 5) is 26.1. The third-order valence-corrected chi connectivity index (χ3v) is 4.93. The van der Waals surface area contributed by atoms with E-state index in [1.54, 1.807) is 38.6 Å². The molecule has 0 atom stereocenters. The number of hydrogen-bond donors (Lipinski definition) is 0. The van der Waals surface area contributed by atoms with Gasteiger partial charge in [-0.1, -0.05) is 12.1 Å². The monoisotopic (exact) mass is 378 g/mol. The quantitative estimate of drug-likeness (QED) is 0.695. The molecule has 3 aromatic rings. The maximum absolute atomic E-state index is 12.9. The van der Waals surface area contributed by atoms with E-state index in [-0.39, 0.29) is 5.91 Å². The van der Waals surface area contributed by atoms with Crippen molar-refractivity contribution >= 4 is 22.8 Å². The van der Waals surface area contributed by atoms with Crippen molar-refractivity contribution in [2.24, 2.45) is 0 Å². The number of fused-ring (bicyclic) bond motifs is 1. The van der Waals surface area contributed by atoms with Crippen LogP contribution in [0.15, 0.2) is 48.7 Å². The second kappa shape index (κ2) is 7.72. The van der Waals surface area contributed by atoms with Crippen LogP contribution in [0.1, 0.15) is 10.4 Å². The summed E-state index contributed by atoms with van der Waals surface area (Å²) in [6, 6.07) is 13.1. The van der Waals surface area contributed by atoms with Gasteiger partial charge in [-0.2, -0.15) is 0 Å².